The standard InChI is InChI=1S/C20H30N2O3/c1-15(23)17-11-13-22(14-17)20(24)21-12-10-16-6-8-19(9-7-16)25-18-4-2-3-5-18/h6-9,15,17-18,23H,2-5,10-14H2,1H3,(H,21,24). The molecule has 1 saturated heterocycles. The summed E-state index contributed by atoms with van der Waals surface area (Å²) in [5.41, 5.74) is 1.20. The molecule has 2 N–H and O–H groups in total. The van der Waals surface area contributed by atoms with Gasteiger partial charge < -0.3 is 20.1 Å². The van der Waals surface area contributed by atoms with Crippen LogP contribution in [0.1, 0.15) is 44.6 Å². The highest BCUT2D eigenvalue weighted by Crippen LogP contribution is 2.24. The summed E-state index contributed by atoms with van der Waals surface area (Å²) in [6.45, 7) is 3.80. The number of hydrogen-bond donors (Lipinski definition) is 2. The predicted molar refractivity (Wildman–Crippen MR) is 97.8 cm³/mol. The van der Waals surface area contributed by atoms with Gasteiger partial charge in [0.15, 0.2) is 0 Å². The number of likely N-dealkylation sites (tertiary alicyclic amines) is 1. The van der Waals surface area contributed by atoms with Crippen molar-refractivity contribution >= 4 is 6.03 Å². The van der Waals surface area contributed by atoms with Gasteiger partial charge in [0.05, 0.1) is 12.2 Å². The van der Waals surface area contributed by atoms with Crippen molar-refractivity contribution in [3.63, 3.8) is 0 Å². The molecule has 2 unspecified atom stereocenters. The summed E-state index contributed by atoms with van der Waals surface area (Å²) >= 11 is 0. The van der Waals surface area contributed by atoms with E-state index >= 15 is 0 Å². The Labute approximate surface area is 150 Å². The first-order chi connectivity index (χ1) is 12.1. The molecule has 2 aliphatic rings. The second-order valence-electron chi connectivity index (χ2n) is 7.39. The third kappa shape index (κ3) is 5.11. The van der Waals surface area contributed by atoms with Gasteiger partial charge in [-0.2, -0.15) is 0 Å². The summed E-state index contributed by atoms with van der Waals surface area (Å²) in [6.07, 6.45) is 6.62. The Bertz CT molecular complexity index is 553. The molecule has 1 aliphatic heterocycles. The molecule has 138 valence electrons. The van der Waals surface area contributed by atoms with Crippen LogP contribution < -0.4 is 10.1 Å². The molecule has 0 radical (unpaired) electrons. The first kappa shape index (κ1) is 18.1. The number of nitrogens with zero attached hydrogens (tertiary/aromatic N) is 1. The third-order valence-corrected chi connectivity index (χ3v) is 5.41. The molecule has 5 heteroatoms. The van der Waals surface area contributed by atoms with Gasteiger partial charge in [-0.25, -0.2) is 4.79 Å². The van der Waals surface area contributed by atoms with Crippen LogP contribution in [0.4, 0.5) is 4.79 Å². The zero-order valence-corrected chi connectivity index (χ0v) is 15.1. The molecule has 25 heavy (non-hydrogen) atoms. The Kier molecular flexibility index (Phi) is 6.19. The molecule has 2 fully saturated rings. The number of carbonyl (C=O) groups is 1. The molecule has 2 amide bonds. The lowest BCUT2D eigenvalue weighted by molar-refractivity contribution is 0.129. The fourth-order valence-electron chi connectivity index (χ4n) is 3.72. The number of amides is 2. The van der Waals surface area contributed by atoms with Crippen molar-refractivity contribution < 1.29 is 14.6 Å². The molecule has 1 aromatic carbocycles. The number of carbonyl (C=O) groups excluding carboxylic acids is 1. The maximum absolute atomic E-state index is 12.2. The minimum absolute atomic E-state index is 0.0238. The van der Waals surface area contributed by atoms with Gasteiger partial charge in [-0.1, -0.05) is 12.1 Å². The van der Waals surface area contributed by atoms with Gasteiger partial charge in [-0.05, 0) is 63.1 Å². The van der Waals surface area contributed by atoms with E-state index in [-0.39, 0.29) is 18.1 Å². The monoisotopic (exact) mass is 346 g/mol. The number of aliphatic hydroxyl groups excluding tert-OH is 1. The van der Waals surface area contributed by atoms with E-state index in [1.54, 1.807) is 11.8 Å². The lowest BCUT2D eigenvalue weighted by Gasteiger charge is -2.18. The number of hydrogen-bond acceptors (Lipinski definition) is 3. The van der Waals surface area contributed by atoms with Gasteiger partial charge in [0.25, 0.3) is 0 Å². The van der Waals surface area contributed by atoms with Crippen molar-refractivity contribution in [2.45, 2.75) is 57.7 Å². The number of nitrogens with one attached hydrogen (secondary N) is 1. The van der Waals surface area contributed by atoms with E-state index in [0.717, 1.165) is 25.1 Å². The van der Waals surface area contributed by atoms with Crippen molar-refractivity contribution in [3.05, 3.63) is 29.8 Å². The molecule has 0 aromatic heterocycles. The fraction of sp³-hybridized carbons (Fsp3) is 0.650. The van der Waals surface area contributed by atoms with Crippen LogP contribution in [0.25, 0.3) is 0 Å². The highest BCUT2D eigenvalue weighted by molar-refractivity contribution is 5.74. The molecule has 1 aromatic rings. The SMILES string of the molecule is CC(O)C1CCN(C(=O)NCCc2ccc(OC3CCCC3)cc2)C1. The summed E-state index contributed by atoms with van der Waals surface area (Å²) < 4.78 is 5.97. The summed E-state index contributed by atoms with van der Waals surface area (Å²) in [6, 6.07) is 8.20. The smallest absolute Gasteiger partial charge is 0.317 e. The zero-order valence-electron chi connectivity index (χ0n) is 15.1. The van der Waals surface area contributed by atoms with Crippen LogP contribution in [-0.2, 0) is 6.42 Å². The molecule has 5 nitrogen and oxygen atoms in total. The number of aliphatic hydroxyl groups is 1. The fourth-order valence-corrected chi connectivity index (χ4v) is 3.72. The normalized spacial score (nSPS) is 22.2. The van der Waals surface area contributed by atoms with Crippen molar-refractivity contribution in [2.24, 2.45) is 5.92 Å². The lowest BCUT2D eigenvalue weighted by Crippen LogP contribution is -2.39. The Balaban J connectivity index is 1.37. The van der Waals surface area contributed by atoms with Crippen LogP contribution >= 0.6 is 0 Å². The number of rotatable bonds is 6. The van der Waals surface area contributed by atoms with Crippen LogP contribution in [0.5, 0.6) is 5.75 Å². The largest absolute Gasteiger partial charge is 0.490 e. The Morgan fingerprint density at radius 3 is 2.64 bits per heavy atom. The maximum atomic E-state index is 12.2. The first-order valence-electron chi connectivity index (χ1n) is 9.58. The van der Waals surface area contributed by atoms with E-state index in [1.165, 1.54) is 31.2 Å². The van der Waals surface area contributed by atoms with Crippen LogP contribution in [0.3, 0.4) is 0 Å². The van der Waals surface area contributed by atoms with Crippen LogP contribution in [0, 0.1) is 5.92 Å². The highest BCUT2D eigenvalue weighted by Gasteiger charge is 2.28. The van der Waals surface area contributed by atoms with E-state index in [9.17, 15) is 9.90 Å². The van der Waals surface area contributed by atoms with Crippen molar-refractivity contribution in [1.82, 2.24) is 10.2 Å². The Morgan fingerprint density at radius 1 is 1.28 bits per heavy atom. The van der Waals surface area contributed by atoms with Crippen LogP contribution in [-0.4, -0.2) is 47.9 Å². The van der Waals surface area contributed by atoms with E-state index in [2.05, 4.69) is 17.4 Å². The quantitative estimate of drug-likeness (QED) is 0.832. The van der Waals surface area contributed by atoms with Crippen LogP contribution in [0.2, 0.25) is 0 Å². The minimum Gasteiger partial charge on any atom is -0.490 e. The lowest BCUT2D eigenvalue weighted by atomic mass is 10.0. The molecule has 2 atom stereocenters. The van der Waals surface area contributed by atoms with Gasteiger partial charge in [-0.15, -0.1) is 0 Å². The average molecular weight is 346 g/mol. The van der Waals surface area contributed by atoms with Gasteiger partial charge in [0.2, 0.25) is 0 Å². The molecular formula is C20H30N2O3. The first-order valence-corrected chi connectivity index (χ1v) is 9.58. The average Bonchev–Trinajstić information content (AvgIpc) is 3.28. The second-order valence-corrected chi connectivity index (χ2v) is 7.39. The summed E-state index contributed by atoms with van der Waals surface area (Å²) in [7, 11) is 0. The Morgan fingerprint density at radius 2 is 2.00 bits per heavy atom. The summed E-state index contributed by atoms with van der Waals surface area (Å²) in [4.78, 5) is 14.0. The maximum Gasteiger partial charge on any atom is 0.317 e. The second kappa shape index (κ2) is 8.56. The predicted octanol–water partition coefficient (Wildman–Crippen LogP) is 2.96. The molecule has 3 rings (SSSR count). The third-order valence-electron chi connectivity index (χ3n) is 5.41. The summed E-state index contributed by atoms with van der Waals surface area (Å²) in [5, 5.41) is 12.6. The van der Waals surface area contributed by atoms with Gasteiger partial charge in [-0.3, -0.25) is 0 Å². The summed E-state index contributed by atoms with van der Waals surface area (Å²) in [5.74, 6) is 1.15. The number of urea groups is 1. The van der Waals surface area contributed by atoms with Gasteiger partial charge in [0.1, 0.15) is 5.75 Å². The van der Waals surface area contributed by atoms with E-state index in [1.807, 2.05) is 12.1 Å². The van der Waals surface area contributed by atoms with Gasteiger partial charge in [0, 0.05) is 25.6 Å². The van der Waals surface area contributed by atoms with Crippen LogP contribution in [0.15, 0.2) is 24.3 Å². The molecule has 1 aliphatic carbocycles. The van der Waals surface area contributed by atoms with Crippen molar-refractivity contribution in [3.8, 4) is 5.75 Å². The molecule has 0 spiro atoms. The Hall–Kier alpha value is -1.75. The molecular weight excluding hydrogens is 316 g/mol. The van der Waals surface area contributed by atoms with E-state index in [4.69, 9.17) is 4.74 Å². The van der Waals surface area contributed by atoms with E-state index < -0.39 is 0 Å². The number of ether oxygens (including phenoxy) is 1. The van der Waals surface area contributed by atoms with Gasteiger partial charge >= 0.3 is 6.03 Å². The van der Waals surface area contributed by atoms with Crippen molar-refractivity contribution in [2.75, 3.05) is 19.6 Å². The number of benzene rings is 1. The topological polar surface area (TPSA) is 61.8 Å². The highest BCUT2D eigenvalue weighted by atomic mass is 16.5. The van der Waals surface area contributed by atoms with Crippen molar-refractivity contribution in [1.29, 1.82) is 0 Å². The molecule has 0 bridgehead atoms. The molecule has 1 saturated carbocycles. The molecule has 1 heterocycles. The zero-order chi connectivity index (χ0) is 17.6. The van der Waals surface area contributed by atoms with E-state index in [0.29, 0.717) is 19.2 Å². The minimum atomic E-state index is -0.345.